The van der Waals surface area contributed by atoms with Gasteiger partial charge < -0.3 is 15.5 Å². The van der Waals surface area contributed by atoms with Gasteiger partial charge in [-0.2, -0.15) is 4.99 Å². The molecule has 1 fully saturated rings. The van der Waals surface area contributed by atoms with Crippen LogP contribution in [0.3, 0.4) is 0 Å². The Balaban J connectivity index is 1.30. The summed E-state index contributed by atoms with van der Waals surface area (Å²) in [4.78, 5) is 57.5. The summed E-state index contributed by atoms with van der Waals surface area (Å²) in [5, 5.41) is 16.4. The molecule has 3 heterocycles. The third-order valence-electron chi connectivity index (χ3n) is 5.40. The number of nitrogens with one attached hydrogen (secondary N) is 2. The summed E-state index contributed by atoms with van der Waals surface area (Å²) in [6.07, 6.45) is 5.73. The lowest BCUT2D eigenvalue weighted by Gasteiger charge is -2.27. The topological polar surface area (TPSA) is 147 Å². The number of carbonyl (C=O) groups is 3. The average Bonchev–Trinajstić information content (AvgIpc) is 3.20. The molecular weight excluding hydrogens is 460 g/mol. The number of pyridine rings is 1. The second kappa shape index (κ2) is 10.4. The number of anilines is 2. The molecule has 12 heteroatoms. The molecule has 0 aliphatic carbocycles. The zero-order valence-electron chi connectivity index (χ0n) is 18.1. The Morgan fingerprint density at radius 3 is 2.56 bits per heavy atom. The highest BCUT2D eigenvalue weighted by Gasteiger charge is 2.33. The van der Waals surface area contributed by atoms with Crippen LogP contribution in [0.1, 0.15) is 36.0 Å². The summed E-state index contributed by atoms with van der Waals surface area (Å²) in [5.74, 6) is -1.16. The summed E-state index contributed by atoms with van der Waals surface area (Å²) in [6, 6.07) is 7.42. The lowest BCUT2D eigenvalue weighted by molar-refractivity contribution is -0.384. The molecule has 2 N–H and O–H groups in total. The highest BCUT2D eigenvalue weighted by molar-refractivity contribution is 8.15. The molecule has 2 aliphatic heterocycles. The van der Waals surface area contributed by atoms with Crippen LogP contribution in [0.4, 0.5) is 17.1 Å². The van der Waals surface area contributed by atoms with Gasteiger partial charge in [0.25, 0.3) is 11.8 Å². The van der Waals surface area contributed by atoms with Crippen molar-refractivity contribution in [2.45, 2.75) is 30.9 Å². The van der Waals surface area contributed by atoms with E-state index < -0.39 is 16.1 Å². The first-order valence-electron chi connectivity index (χ1n) is 10.7. The third-order valence-corrected chi connectivity index (χ3v) is 6.62. The maximum Gasteiger partial charge on any atom is 0.310 e. The Morgan fingerprint density at radius 2 is 1.85 bits per heavy atom. The molecule has 0 bridgehead atoms. The highest BCUT2D eigenvalue weighted by atomic mass is 32.2. The summed E-state index contributed by atoms with van der Waals surface area (Å²) in [5.41, 5.74) is 0.438. The van der Waals surface area contributed by atoms with Gasteiger partial charge in [0.15, 0.2) is 5.17 Å². The van der Waals surface area contributed by atoms with Crippen LogP contribution in [-0.2, 0) is 9.59 Å². The minimum atomic E-state index is -0.630. The standard InChI is InChI=1S/C22H22N6O5S/c29-19(12-18-21(31)26-22(34-18)27-10-2-1-3-11-27)24-15-6-4-14(5-7-15)20(30)25-16-8-9-23-13-17(16)28(32)33/h4-9,13,18H,1-3,10-12H2,(H,24,29)(H,23,25,30). The molecule has 34 heavy (non-hydrogen) atoms. The first-order chi connectivity index (χ1) is 16.4. The molecule has 2 aliphatic rings. The number of thioether (sulfide) groups is 1. The van der Waals surface area contributed by atoms with Crippen molar-refractivity contribution in [3.8, 4) is 0 Å². The fourth-order valence-corrected chi connectivity index (χ4v) is 4.76. The number of nitrogens with zero attached hydrogens (tertiary/aromatic N) is 4. The highest BCUT2D eigenvalue weighted by Crippen LogP contribution is 2.29. The molecular formula is C22H22N6O5S. The van der Waals surface area contributed by atoms with E-state index in [1.54, 1.807) is 12.1 Å². The number of aliphatic imine (C=N–C) groups is 1. The monoisotopic (exact) mass is 482 g/mol. The molecule has 1 unspecified atom stereocenters. The second-order valence-corrected chi connectivity index (χ2v) is 8.99. The van der Waals surface area contributed by atoms with Crippen molar-refractivity contribution in [2.24, 2.45) is 4.99 Å². The molecule has 1 aromatic carbocycles. The molecule has 0 spiro atoms. The van der Waals surface area contributed by atoms with E-state index in [2.05, 4.69) is 25.5 Å². The van der Waals surface area contributed by atoms with E-state index in [9.17, 15) is 24.5 Å². The minimum absolute atomic E-state index is 0.00170. The largest absolute Gasteiger partial charge is 0.351 e. The van der Waals surface area contributed by atoms with Crippen molar-refractivity contribution in [3.63, 3.8) is 0 Å². The predicted octanol–water partition coefficient (Wildman–Crippen LogP) is 3.05. The van der Waals surface area contributed by atoms with E-state index in [1.807, 2.05) is 0 Å². The van der Waals surface area contributed by atoms with Crippen LogP contribution < -0.4 is 10.6 Å². The molecule has 0 radical (unpaired) electrons. The van der Waals surface area contributed by atoms with Gasteiger partial charge in [-0.05, 0) is 49.6 Å². The van der Waals surface area contributed by atoms with Crippen LogP contribution in [0.25, 0.3) is 0 Å². The number of likely N-dealkylation sites (tertiary alicyclic amines) is 1. The van der Waals surface area contributed by atoms with Crippen molar-refractivity contribution >= 4 is 51.7 Å². The van der Waals surface area contributed by atoms with Gasteiger partial charge in [0.05, 0.1) is 4.92 Å². The number of amidine groups is 1. The lowest BCUT2D eigenvalue weighted by Crippen LogP contribution is -2.33. The van der Waals surface area contributed by atoms with Gasteiger partial charge >= 0.3 is 5.69 Å². The van der Waals surface area contributed by atoms with Gasteiger partial charge in [-0.25, -0.2) is 0 Å². The molecule has 0 saturated carbocycles. The van der Waals surface area contributed by atoms with Crippen molar-refractivity contribution in [1.82, 2.24) is 9.88 Å². The Hall–Kier alpha value is -3.80. The number of rotatable bonds is 6. The van der Waals surface area contributed by atoms with E-state index in [4.69, 9.17) is 0 Å². The fourth-order valence-electron chi connectivity index (χ4n) is 3.65. The van der Waals surface area contributed by atoms with Gasteiger partial charge in [0.2, 0.25) is 5.91 Å². The Bertz CT molecular complexity index is 1150. The Morgan fingerprint density at radius 1 is 1.12 bits per heavy atom. The van der Waals surface area contributed by atoms with E-state index >= 15 is 0 Å². The first kappa shape index (κ1) is 23.4. The summed E-state index contributed by atoms with van der Waals surface area (Å²) in [6.45, 7) is 1.76. The van der Waals surface area contributed by atoms with E-state index in [-0.39, 0.29) is 35.2 Å². The van der Waals surface area contributed by atoms with Gasteiger partial charge in [-0.1, -0.05) is 11.8 Å². The zero-order valence-corrected chi connectivity index (χ0v) is 18.9. The average molecular weight is 483 g/mol. The number of piperidine rings is 1. The van der Waals surface area contributed by atoms with Crippen molar-refractivity contribution in [2.75, 3.05) is 23.7 Å². The summed E-state index contributed by atoms with van der Waals surface area (Å²) < 4.78 is 0. The second-order valence-electron chi connectivity index (χ2n) is 7.82. The van der Waals surface area contributed by atoms with Crippen LogP contribution in [0.5, 0.6) is 0 Å². The van der Waals surface area contributed by atoms with Crippen LogP contribution in [0.15, 0.2) is 47.7 Å². The van der Waals surface area contributed by atoms with Crippen molar-refractivity contribution in [3.05, 3.63) is 58.4 Å². The molecule has 176 valence electrons. The van der Waals surface area contributed by atoms with Crippen molar-refractivity contribution in [1.29, 1.82) is 0 Å². The number of amides is 3. The smallest absolute Gasteiger partial charge is 0.310 e. The molecule has 1 aromatic heterocycles. The van der Waals surface area contributed by atoms with Crippen LogP contribution in [0.2, 0.25) is 0 Å². The number of aromatic nitrogens is 1. The van der Waals surface area contributed by atoms with Gasteiger partial charge in [0.1, 0.15) is 17.1 Å². The summed E-state index contributed by atoms with van der Waals surface area (Å²) in [7, 11) is 0. The molecule has 1 saturated heterocycles. The quantitative estimate of drug-likeness (QED) is 0.472. The fraction of sp³-hybridized carbons (Fsp3) is 0.318. The maximum absolute atomic E-state index is 12.5. The maximum atomic E-state index is 12.5. The number of hydrogen-bond acceptors (Lipinski definition) is 8. The molecule has 1 atom stereocenters. The van der Waals surface area contributed by atoms with Gasteiger partial charge in [-0.3, -0.25) is 29.5 Å². The Labute approximate surface area is 199 Å². The number of hydrogen-bond donors (Lipinski definition) is 2. The van der Waals surface area contributed by atoms with E-state index in [1.165, 1.54) is 42.6 Å². The normalized spacial score (nSPS) is 17.8. The molecule has 3 amide bonds. The predicted molar refractivity (Wildman–Crippen MR) is 128 cm³/mol. The number of carbonyl (C=O) groups excluding carboxylic acids is 3. The van der Waals surface area contributed by atoms with E-state index in [0.717, 1.165) is 32.1 Å². The Kier molecular flexibility index (Phi) is 7.16. The van der Waals surface area contributed by atoms with E-state index in [0.29, 0.717) is 10.9 Å². The van der Waals surface area contributed by atoms with Crippen LogP contribution >= 0.6 is 11.8 Å². The van der Waals surface area contributed by atoms with Crippen LogP contribution in [-0.4, -0.2) is 56.0 Å². The lowest BCUT2D eigenvalue weighted by atomic mass is 10.1. The molecule has 2 aromatic rings. The van der Waals surface area contributed by atoms with Gasteiger partial charge in [-0.15, -0.1) is 0 Å². The third kappa shape index (κ3) is 5.57. The molecule has 4 rings (SSSR count). The summed E-state index contributed by atoms with van der Waals surface area (Å²) >= 11 is 1.33. The first-order valence-corrected chi connectivity index (χ1v) is 11.6. The minimum Gasteiger partial charge on any atom is -0.351 e. The molecule has 11 nitrogen and oxygen atoms in total. The zero-order chi connectivity index (χ0) is 24.1. The van der Waals surface area contributed by atoms with Crippen molar-refractivity contribution < 1.29 is 19.3 Å². The number of nitro groups is 1. The van der Waals surface area contributed by atoms with Gasteiger partial charge in [0, 0.05) is 37.0 Å². The SMILES string of the molecule is O=C(CC1SC(N2CCCCC2)=NC1=O)Nc1ccc(C(=O)Nc2ccncc2[N+](=O)[O-])cc1. The van der Waals surface area contributed by atoms with Crippen LogP contribution in [0, 0.1) is 10.1 Å². The number of benzene rings is 1.